The van der Waals surface area contributed by atoms with Gasteiger partial charge in [-0.2, -0.15) is 0 Å². The Morgan fingerprint density at radius 1 is 0.346 bits per heavy atom. The highest BCUT2D eigenvalue weighted by Gasteiger charge is 2.18. The lowest BCUT2D eigenvalue weighted by atomic mass is 9.96. The van der Waals surface area contributed by atoms with Gasteiger partial charge < -0.3 is 9.32 Å². The second kappa shape index (κ2) is 13.8. The van der Waals surface area contributed by atoms with Crippen LogP contribution in [-0.2, 0) is 0 Å². The fourth-order valence-electron chi connectivity index (χ4n) is 6.49. The maximum atomic E-state index is 9.32. The fourth-order valence-corrected chi connectivity index (χ4v) is 6.49. The van der Waals surface area contributed by atoms with Crippen LogP contribution in [0.3, 0.4) is 0 Å². The first-order valence-electron chi connectivity index (χ1n) is 21.0. The van der Waals surface area contributed by atoms with Gasteiger partial charge in [0.1, 0.15) is 11.3 Å². The average molecular weight is 674 g/mol. The largest absolute Gasteiger partial charge is 0.455 e. The highest BCUT2D eigenvalue weighted by Crippen LogP contribution is 2.42. The van der Waals surface area contributed by atoms with Crippen molar-refractivity contribution in [1.82, 2.24) is 0 Å². The zero-order valence-corrected chi connectivity index (χ0v) is 27.9. The molecule has 1 aromatic heterocycles. The van der Waals surface area contributed by atoms with E-state index < -0.39 is 24.2 Å². The summed E-state index contributed by atoms with van der Waals surface area (Å²) < 4.78 is 80.3. The Hall–Kier alpha value is -6.90. The molecule has 246 valence electrons. The van der Waals surface area contributed by atoms with Gasteiger partial charge in [0, 0.05) is 33.6 Å². The molecule has 1 heterocycles. The maximum absolute atomic E-state index is 9.32. The van der Waals surface area contributed by atoms with Crippen LogP contribution in [0.4, 0.5) is 17.1 Å². The number of benzene rings is 8. The van der Waals surface area contributed by atoms with E-state index in [1.54, 1.807) is 72.8 Å². The molecule has 2 nitrogen and oxygen atoms in total. The van der Waals surface area contributed by atoms with Crippen LogP contribution in [0.25, 0.3) is 66.8 Å². The van der Waals surface area contributed by atoms with Crippen LogP contribution in [-0.4, -0.2) is 0 Å². The lowest BCUT2D eigenvalue weighted by Crippen LogP contribution is -2.09. The SMILES string of the molecule is [2H]c1c([2H])c(N(c2ccc(-c3cccc(-c4oc5ccccc5c4-c4ccccc4)c3)cc2)c2c([2H])c([2H])c(-c3ccccc3)c([2H])c2[2H])c([2H])c([2H])c1-c1ccccc1. The van der Waals surface area contributed by atoms with Crippen molar-refractivity contribution in [2.24, 2.45) is 0 Å². The highest BCUT2D eigenvalue weighted by molar-refractivity contribution is 6.02. The van der Waals surface area contributed by atoms with Gasteiger partial charge in [0.2, 0.25) is 0 Å². The molecular weight excluding hydrogens is 631 g/mol. The molecule has 0 spiro atoms. The first-order valence-corrected chi connectivity index (χ1v) is 17.0. The molecule has 0 bridgehead atoms. The molecule has 0 saturated heterocycles. The molecular formula is C50H35NO. The molecule has 0 N–H and O–H groups in total. The van der Waals surface area contributed by atoms with Gasteiger partial charge in [-0.3, -0.25) is 0 Å². The zero-order valence-electron chi connectivity index (χ0n) is 35.9. The molecule has 2 heteroatoms. The van der Waals surface area contributed by atoms with Gasteiger partial charge in [-0.25, -0.2) is 0 Å². The number of anilines is 3. The van der Waals surface area contributed by atoms with Crippen molar-refractivity contribution in [3.63, 3.8) is 0 Å². The molecule has 52 heavy (non-hydrogen) atoms. The maximum Gasteiger partial charge on any atom is 0.143 e. The van der Waals surface area contributed by atoms with Crippen molar-refractivity contribution in [2.75, 3.05) is 4.90 Å². The van der Waals surface area contributed by atoms with E-state index in [0.29, 0.717) is 16.8 Å². The molecule has 9 rings (SSSR count). The summed E-state index contributed by atoms with van der Waals surface area (Å²) in [6.07, 6.45) is 0. The third-order valence-corrected chi connectivity index (χ3v) is 9.04. The van der Waals surface area contributed by atoms with Crippen LogP contribution in [0.1, 0.15) is 11.0 Å². The summed E-state index contributed by atoms with van der Waals surface area (Å²) in [5, 5.41) is 1.01. The fraction of sp³-hybridized carbons (Fsp3) is 0. The van der Waals surface area contributed by atoms with Crippen LogP contribution in [0.2, 0.25) is 0 Å². The van der Waals surface area contributed by atoms with Crippen molar-refractivity contribution in [1.29, 1.82) is 0 Å². The Balaban J connectivity index is 1.21. The Bertz CT molecular complexity index is 2890. The normalized spacial score (nSPS) is 13.2. The predicted octanol–water partition coefficient (Wildman–Crippen LogP) is 14.2. The van der Waals surface area contributed by atoms with Crippen LogP contribution in [0, 0.1) is 0 Å². The number of rotatable bonds is 8. The second-order valence-corrected chi connectivity index (χ2v) is 12.3. The molecule has 0 aliphatic rings. The van der Waals surface area contributed by atoms with Crippen LogP contribution in [0.15, 0.2) is 217 Å². The van der Waals surface area contributed by atoms with Gasteiger partial charge in [-0.1, -0.05) is 164 Å². The van der Waals surface area contributed by atoms with E-state index >= 15 is 0 Å². The third-order valence-electron chi connectivity index (χ3n) is 9.04. The number of fused-ring (bicyclic) bond motifs is 1. The predicted molar refractivity (Wildman–Crippen MR) is 218 cm³/mol. The standard InChI is InChI=1S/C50H35NO/c1-4-13-36(14-5-1)38-23-29-44(30-24-38)51(45-31-25-39(26-32-45)37-15-6-2-7-16-37)46-33-27-40(28-34-46)42-19-12-20-43(35-42)50-49(41-17-8-3-9-18-41)47-21-10-11-22-48(47)52-50/h1-35H/i23D,24D,25D,26D,29D,30D,31D,32D. The van der Waals surface area contributed by atoms with Crippen molar-refractivity contribution in [3.05, 3.63) is 212 Å². The van der Waals surface area contributed by atoms with E-state index in [2.05, 4.69) is 18.2 Å². The third kappa shape index (κ3) is 6.08. The minimum absolute atomic E-state index is 0.114. The Morgan fingerprint density at radius 2 is 0.808 bits per heavy atom. The van der Waals surface area contributed by atoms with Crippen molar-refractivity contribution >= 4 is 28.0 Å². The summed E-state index contributed by atoms with van der Waals surface area (Å²) in [4.78, 5) is 1.33. The number of furan rings is 1. The monoisotopic (exact) mass is 673 g/mol. The zero-order chi connectivity index (χ0) is 41.7. The number of hydrogen-bond acceptors (Lipinski definition) is 2. The number of hydrogen-bond donors (Lipinski definition) is 0. The lowest BCUT2D eigenvalue weighted by Gasteiger charge is -2.26. The summed E-state index contributed by atoms with van der Waals surface area (Å²) in [5.41, 5.74) is 6.52. The van der Waals surface area contributed by atoms with Crippen LogP contribution < -0.4 is 4.90 Å². The van der Waals surface area contributed by atoms with E-state index in [9.17, 15) is 5.48 Å². The minimum atomic E-state index is -0.393. The smallest absolute Gasteiger partial charge is 0.143 e. The van der Waals surface area contributed by atoms with E-state index in [4.69, 9.17) is 9.90 Å². The topological polar surface area (TPSA) is 16.4 Å². The Labute approximate surface area is 315 Å². The van der Waals surface area contributed by atoms with Gasteiger partial charge in [0.25, 0.3) is 0 Å². The van der Waals surface area contributed by atoms with E-state index in [1.807, 2.05) is 72.8 Å². The molecule has 0 saturated carbocycles. The number of para-hydroxylation sites is 1. The molecule has 0 fully saturated rings. The van der Waals surface area contributed by atoms with Gasteiger partial charge in [0.15, 0.2) is 0 Å². The first-order chi connectivity index (χ1) is 29.1. The minimum Gasteiger partial charge on any atom is -0.455 e. The lowest BCUT2D eigenvalue weighted by molar-refractivity contribution is 0.632. The molecule has 0 unspecified atom stereocenters. The van der Waals surface area contributed by atoms with Gasteiger partial charge in [0.05, 0.1) is 11.0 Å². The summed E-state index contributed by atoms with van der Waals surface area (Å²) in [7, 11) is 0. The summed E-state index contributed by atoms with van der Waals surface area (Å²) in [6, 6.07) is 48.0. The van der Waals surface area contributed by atoms with Crippen molar-refractivity contribution in [2.45, 2.75) is 0 Å². The van der Waals surface area contributed by atoms with Crippen LogP contribution >= 0.6 is 0 Å². The van der Waals surface area contributed by atoms with Crippen LogP contribution in [0.5, 0.6) is 0 Å². The molecule has 0 aliphatic heterocycles. The van der Waals surface area contributed by atoms with Crippen molar-refractivity contribution in [3.8, 4) is 55.8 Å². The molecule has 0 amide bonds. The summed E-state index contributed by atoms with van der Waals surface area (Å²) in [5.74, 6) is 0.733. The average Bonchev–Trinajstić information content (AvgIpc) is 3.68. The Kier molecular flexibility index (Phi) is 6.23. The number of nitrogens with zero attached hydrogens (tertiary/aromatic N) is 1. The van der Waals surface area contributed by atoms with E-state index in [0.717, 1.165) is 44.5 Å². The van der Waals surface area contributed by atoms with Crippen molar-refractivity contribution < 1.29 is 15.4 Å². The molecule has 9 aromatic rings. The quantitative estimate of drug-likeness (QED) is 0.160. The van der Waals surface area contributed by atoms with Gasteiger partial charge in [-0.05, 0) is 87.4 Å². The molecule has 8 aromatic carbocycles. The molecule has 0 atom stereocenters. The Morgan fingerprint density at radius 3 is 1.38 bits per heavy atom. The highest BCUT2D eigenvalue weighted by atomic mass is 16.3. The first kappa shape index (κ1) is 23.5. The van der Waals surface area contributed by atoms with E-state index in [1.165, 1.54) is 4.90 Å². The summed E-state index contributed by atoms with van der Waals surface area (Å²) in [6.45, 7) is 0. The molecule has 0 radical (unpaired) electrons. The second-order valence-electron chi connectivity index (χ2n) is 12.3. The molecule has 0 aliphatic carbocycles. The van der Waals surface area contributed by atoms with Gasteiger partial charge in [-0.15, -0.1) is 0 Å². The van der Waals surface area contributed by atoms with E-state index in [-0.39, 0.29) is 46.7 Å². The summed E-state index contributed by atoms with van der Waals surface area (Å²) >= 11 is 0. The van der Waals surface area contributed by atoms with Gasteiger partial charge >= 0.3 is 0 Å².